The average Bonchev–Trinajstić information content (AvgIpc) is 1.87. The van der Waals surface area contributed by atoms with Crippen LogP contribution in [0, 0.1) is 5.92 Å². The Bertz CT molecular complexity index is 95.0. The maximum absolute atomic E-state index is 12.1. The standard InChI is InChI=1S/C6H11F3O/c1-5(3-10)2-6(8,9)4-7/h5,10H,2-4H2,1H3/t5-/m1/s1. The summed E-state index contributed by atoms with van der Waals surface area (Å²) < 4.78 is 35.6. The summed E-state index contributed by atoms with van der Waals surface area (Å²) in [6, 6.07) is 0. The molecule has 0 saturated heterocycles. The molecule has 0 aromatic carbocycles. The van der Waals surface area contributed by atoms with Crippen LogP contribution in [0.3, 0.4) is 0 Å². The maximum atomic E-state index is 12.1. The zero-order valence-electron chi connectivity index (χ0n) is 5.78. The Morgan fingerprint density at radius 3 is 2.30 bits per heavy atom. The van der Waals surface area contributed by atoms with Crippen molar-refractivity contribution in [2.75, 3.05) is 13.3 Å². The van der Waals surface area contributed by atoms with Gasteiger partial charge in [-0.1, -0.05) is 6.92 Å². The van der Waals surface area contributed by atoms with Crippen LogP contribution < -0.4 is 0 Å². The van der Waals surface area contributed by atoms with Crippen LogP contribution in [-0.4, -0.2) is 24.3 Å². The first-order chi connectivity index (χ1) is 4.52. The van der Waals surface area contributed by atoms with Gasteiger partial charge in [0.1, 0.15) is 0 Å². The van der Waals surface area contributed by atoms with Crippen molar-refractivity contribution in [2.24, 2.45) is 5.92 Å². The SMILES string of the molecule is C[C@@H](CO)CC(F)(F)CF. The van der Waals surface area contributed by atoms with Crippen molar-refractivity contribution in [3.63, 3.8) is 0 Å². The third kappa shape index (κ3) is 3.71. The molecule has 0 aliphatic heterocycles. The number of alkyl halides is 3. The first-order valence-corrected chi connectivity index (χ1v) is 3.06. The molecule has 0 aliphatic rings. The van der Waals surface area contributed by atoms with Gasteiger partial charge in [0, 0.05) is 13.0 Å². The van der Waals surface area contributed by atoms with E-state index in [0.717, 1.165) is 0 Å². The molecular weight excluding hydrogens is 145 g/mol. The molecule has 0 radical (unpaired) electrons. The van der Waals surface area contributed by atoms with Gasteiger partial charge in [0.2, 0.25) is 0 Å². The Kier molecular flexibility index (Phi) is 3.71. The van der Waals surface area contributed by atoms with E-state index in [2.05, 4.69) is 0 Å². The second kappa shape index (κ2) is 3.81. The zero-order chi connectivity index (χ0) is 8.20. The van der Waals surface area contributed by atoms with Crippen LogP contribution in [0.5, 0.6) is 0 Å². The molecule has 0 aliphatic carbocycles. The van der Waals surface area contributed by atoms with Gasteiger partial charge in [-0.25, -0.2) is 13.2 Å². The fourth-order valence-corrected chi connectivity index (χ4v) is 0.629. The minimum absolute atomic E-state index is 0.324. The summed E-state index contributed by atoms with van der Waals surface area (Å²) in [5.74, 6) is -3.80. The minimum atomic E-state index is -3.26. The number of hydrogen-bond donors (Lipinski definition) is 1. The predicted molar refractivity (Wildman–Crippen MR) is 31.8 cm³/mol. The lowest BCUT2D eigenvalue weighted by atomic mass is 10.1. The summed E-state index contributed by atoms with van der Waals surface area (Å²) in [5, 5.41) is 8.34. The number of aliphatic hydroxyl groups is 1. The number of rotatable bonds is 4. The lowest BCUT2D eigenvalue weighted by Gasteiger charge is -2.15. The van der Waals surface area contributed by atoms with Crippen LogP contribution in [-0.2, 0) is 0 Å². The molecule has 0 bridgehead atoms. The number of halogens is 3. The summed E-state index contributed by atoms with van der Waals surface area (Å²) in [5.41, 5.74) is 0. The molecule has 1 atom stereocenters. The highest BCUT2D eigenvalue weighted by Crippen LogP contribution is 2.23. The molecule has 0 saturated carbocycles. The Hall–Kier alpha value is -0.250. The smallest absolute Gasteiger partial charge is 0.276 e. The van der Waals surface area contributed by atoms with Crippen molar-refractivity contribution in [1.29, 1.82) is 0 Å². The molecule has 4 heteroatoms. The Balaban J connectivity index is 3.64. The second-order valence-electron chi connectivity index (χ2n) is 2.48. The van der Waals surface area contributed by atoms with E-state index in [4.69, 9.17) is 5.11 Å². The predicted octanol–water partition coefficient (Wildman–Crippen LogP) is 1.61. The fraction of sp³-hybridized carbons (Fsp3) is 1.00. The van der Waals surface area contributed by atoms with E-state index in [0.29, 0.717) is 0 Å². The van der Waals surface area contributed by atoms with E-state index in [1.54, 1.807) is 0 Å². The molecule has 62 valence electrons. The van der Waals surface area contributed by atoms with Crippen molar-refractivity contribution in [3.8, 4) is 0 Å². The van der Waals surface area contributed by atoms with Gasteiger partial charge < -0.3 is 5.11 Å². The highest BCUT2D eigenvalue weighted by atomic mass is 19.3. The summed E-state index contributed by atoms with van der Waals surface area (Å²) >= 11 is 0. The van der Waals surface area contributed by atoms with Crippen molar-refractivity contribution in [3.05, 3.63) is 0 Å². The summed E-state index contributed by atoms with van der Waals surface area (Å²) in [6.07, 6.45) is -0.583. The molecule has 0 amide bonds. The van der Waals surface area contributed by atoms with Gasteiger partial charge in [-0.2, -0.15) is 0 Å². The van der Waals surface area contributed by atoms with E-state index in [1.807, 2.05) is 0 Å². The summed E-state index contributed by atoms with van der Waals surface area (Å²) in [7, 11) is 0. The summed E-state index contributed by atoms with van der Waals surface area (Å²) in [6.45, 7) is -0.517. The Labute approximate surface area is 57.9 Å². The molecule has 0 rings (SSSR count). The van der Waals surface area contributed by atoms with Gasteiger partial charge in [0.25, 0.3) is 5.92 Å². The first kappa shape index (κ1) is 9.75. The quantitative estimate of drug-likeness (QED) is 0.655. The van der Waals surface area contributed by atoms with Crippen LogP contribution >= 0.6 is 0 Å². The maximum Gasteiger partial charge on any atom is 0.276 e. The van der Waals surface area contributed by atoms with Gasteiger partial charge in [-0.05, 0) is 5.92 Å². The van der Waals surface area contributed by atoms with Crippen LogP contribution in [0.1, 0.15) is 13.3 Å². The van der Waals surface area contributed by atoms with Gasteiger partial charge in [0.05, 0.1) is 0 Å². The third-order valence-electron chi connectivity index (χ3n) is 1.15. The van der Waals surface area contributed by atoms with Crippen molar-refractivity contribution in [2.45, 2.75) is 19.3 Å². The van der Waals surface area contributed by atoms with E-state index in [-0.39, 0.29) is 6.61 Å². The van der Waals surface area contributed by atoms with Crippen molar-refractivity contribution in [1.82, 2.24) is 0 Å². The zero-order valence-corrected chi connectivity index (χ0v) is 5.78. The van der Waals surface area contributed by atoms with Gasteiger partial charge in [-0.3, -0.25) is 0 Å². The molecule has 0 aromatic heterocycles. The molecular formula is C6H11F3O. The molecule has 0 unspecified atom stereocenters. The van der Waals surface area contributed by atoms with Crippen molar-refractivity contribution < 1.29 is 18.3 Å². The van der Waals surface area contributed by atoms with Crippen molar-refractivity contribution >= 4 is 0 Å². The van der Waals surface area contributed by atoms with Crippen LogP contribution in [0.25, 0.3) is 0 Å². The van der Waals surface area contributed by atoms with Crippen LogP contribution in [0.2, 0.25) is 0 Å². The fourth-order valence-electron chi connectivity index (χ4n) is 0.629. The van der Waals surface area contributed by atoms with Crippen LogP contribution in [0.15, 0.2) is 0 Å². The lowest BCUT2D eigenvalue weighted by Crippen LogP contribution is -2.23. The average molecular weight is 156 g/mol. The van der Waals surface area contributed by atoms with E-state index in [1.165, 1.54) is 6.92 Å². The Morgan fingerprint density at radius 2 is 2.00 bits per heavy atom. The molecule has 10 heavy (non-hydrogen) atoms. The molecule has 1 N–H and O–H groups in total. The molecule has 0 heterocycles. The topological polar surface area (TPSA) is 20.2 Å². The van der Waals surface area contributed by atoms with Gasteiger partial charge in [0.15, 0.2) is 6.67 Å². The highest BCUT2D eigenvalue weighted by Gasteiger charge is 2.30. The largest absolute Gasteiger partial charge is 0.396 e. The van der Waals surface area contributed by atoms with E-state index >= 15 is 0 Å². The minimum Gasteiger partial charge on any atom is -0.396 e. The summed E-state index contributed by atoms with van der Waals surface area (Å²) in [4.78, 5) is 0. The van der Waals surface area contributed by atoms with Crippen LogP contribution in [0.4, 0.5) is 13.2 Å². The number of aliphatic hydroxyl groups excluding tert-OH is 1. The highest BCUT2D eigenvalue weighted by molar-refractivity contribution is 4.67. The lowest BCUT2D eigenvalue weighted by molar-refractivity contribution is -0.0468. The molecule has 0 aromatic rings. The van der Waals surface area contributed by atoms with Gasteiger partial charge in [-0.15, -0.1) is 0 Å². The molecule has 1 nitrogen and oxygen atoms in total. The molecule has 0 spiro atoms. The van der Waals surface area contributed by atoms with Gasteiger partial charge >= 0.3 is 0 Å². The molecule has 0 fully saturated rings. The Morgan fingerprint density at radius 1 is 1.50 bits per heavy atom. The van der Waals surface area contributed by atoms with E-state index < -0.39 is 24.9 Å². The second-order valence-corrected chi connectivity index (χ2v) is 2.48. The first-order valence-electron chi connectivity index (χ1n) is 3.06. The normalized spacial score (nSPS) is 15.3. The monoisotopic (exact) mass is 156 g/mol. The number of hydrogen-bond acceptors (Lipinski definition) is 1. The van der Waals surface area contributed by atoms with E-state index in [9.17, 15) is 13.2 Å². The third-order valence-corrected chi connectivity index (χ3v) is 1.15.